The molecule has 12 heteroatoms. The summed E-state index contributed by atoms with van der Waals surface area (Å²) in [4.78, 5) is 10.4. The molecule has 8 nitrogen and oxygen atoms in total. The molecule has 158 valence electrons. The van der Waals surface area contributed by atoms with E-state index in [4.69, 9.17) is 9.47 Å². The van der Waals surface area contributed by atoms with E-state index in [1.54, 1.807) is 12.4 Å². The summed E-state index contributed by atoms with van der Waals surface area (Å²) in [5.74, 6) is -1.35. The quantitative estimate of drug-likeness (QED) is 0.583. The summed E-state index contributed by atoms with van der Waals surface area (Å²) in [6.07, 6.45) is -0.143. The zero-order valence-corrected chi connectivity index (χ0v) is 15.5. The van der Waals surface area contributed by atoms with Crippen LogP contribution in [-0.2, 0) is 17.5 Å². The van der Waals surface area contributed by atoms with Crippen LogP contribution in [0.3, 0.4) is 0 Å². The Morgan fingerprint density at radius 1 is 1.07 bits per heavy atom. The second kappa shape index (κ2) is 8.22. The van der Waals surface area contributed by atoms with Crippen LogP contribution in [0.2, 0.25) is 0 Å². The summed E-state index contributed by atoms with van der Waals surface area (Å²) >= 11 is 0. The largest absolute Gasteiger partial charge is 0.457 e. The Kier molecular flexibility index (Phi) is 5.48. The zero-order chi connectivity index (χ0) is 21.1. The molecule has 0 radical (unpaired) electrons. The molecule has 0 aliphatic carbocycles. The van der Waals surface area contributed by atoms with E-state index >= 15 is 0 Å². The molecular weight excluding hydrogens is 408 g/mol. The van der Waals surface area contributed by atoms with Crippen LogP contribution in [0.25, 0.3) is 5.69 Å². The second-order valence-corrected chi connectivity index (χ2v) is 6.43. The number of halogens is 4. The van der Waals surface area contributed by atoms with Gasteiger partial charge in [0.15, 0.2) is 0 Å². The van der Waals surface area contributed by atoms with Gasteiger partial charge in [0.05, 0.1) is 48.7 Å². The Labute approximate surface area is 168 Å². The average molecular weight is 424 g/mol. The van der Waals surface area contributed by atoms with Crippen LogP contribution >= 0.6 is 0 Å². The van der Waals surface area contributed by atoms with E-state index in [-0.39, 0.29) is 18.3 Å². The standard InChI is InChI=1S/C18H16F4N6O2/c19-16-2-1-13(7-15(16)18(20,21)22)28-10-12(25-26-28)11-30-17-23-8-14(9-24-17)27-3-5-29-6-4-27/h1-2,7-10H,3-6,11H2. The third kappa shape index (κ3) is 4.48. The van der Waals surface area contributed by atoms with E-state index in [0.29, 0.717) is 25.0 Å². The first-order chi connectivity index (χ1) is 14.4. The van der Waals surface area contributed by atoms with Gasteiger partial charge in [0.2, 0.25) is 0 Å². The minimum Gasteiger partial charge on any atom is -0.457 e. The second-order valence-electron chi connectivity index (χ2n) is 6.43. The highest BCUT2D eigenvalue weighted by atomic mass is 19.4. The molecule has 0 unspecified atom stereocenters. The van der Waals surface area contributed by atoms with Crippen molar-refractivity contribution < 1.29 is 27.0 Å². The Morgan fingerprint density at radius 2 is 1.80 bits per heavy atom. The predicted molar refractivity (Wildman–Crippen MR) is 95.7 cm³/mol. The molecule has 0 atom stereocenters. The molecule has 1 saturated heterocycles. The molecule has 0 spiro atoms. The fraction of sp³-hybridized carbons (Fsp3) is 0.333. The summed E-state index contributed by atoms with van der Waals surface area (Å²) < 4.78 is 63.9. The van der Waals surface area contributed by atoms with Gasteiger partial charge in [-0.05, 0) is 18.2 Å². The summed E-state index contributed by atoms with van der Waals surface area (Å²) in [7, 11) is 0. The fourth-order valence-electron chi connectivity index (χ4n) is 2.87. The number of rotatable bonds is 5. The summed E-state index contributed by atoms with van der Waals surface area (Å²) in [5.41, 5.74) is -0.155. The number of nitrogens with zero attached hydrogens (tertiary/aromatic N) is 6. The Morgan fingerprint density at radius 3 is 2.50 bits per heavy atom. The minimum absolute atomic E-state index is 0.0218. The minimum atomic E-state index is -4.81. The third-order valence-electron chi connectivity index (χ3n) is 4.40. The maximum atomic E-state index is 13.4. The van der Waals surface area contributed by atoms with Gasteiger partial charge in [-0.3, -0.25) is 0 Å². The lowest BCUT2D eigenvalue weighted by molar-refractivity contribution is -0.140. The highest BCUT2D eigenvalue weighted by Gasteiger charge is 2.34. The van der Waals surface area contributed by atoms with Crippen LogP contribution in [0.5, 0.6) is 6.01 Å². The van der Waals surface area contributed by atoms with Crippen LogP contribution in [-0.4, -0.2) is 51.3 Å². The number of hydrogen-bond donors (Lipinski definition) is 0. The van der Waals surface area contributed by atoms with Crippen molar-refractivity contribution in [3.8, 4) is 11.7 Å². The van der Waals surface area contributed by atoms with E-state index in [9.17, 15) is 17.6 Å². The fourth-order valence-corrected chi connectivity index (χ4v) is 2.87. The molecule has 30 heavy (non-hydrogen) atoms. The first-order valence-corrected chi connectivity index (χ1v) is 8.96. The Hall–Kier alpha value is -3.28. The van der Waals surface area contributed by atoms with Crippen molar-refractivity contribution in [2.75, 3.05) is 31.2 Å². The van der Waals surface area contributed by atoms with Crippen LogP contribution in [0.1, 0.15) is 11.3 Å². The predicted octanol–water partition coefficient (Wildman–Crippen LogP) is 2.63. The van der Waals surface area contributed by atoms with Crippen molar-refractivity contribution in [1.82, 2.24) is 25.0 Å². The summed E-state index contributed by atoms with van der Waals surface area (Å²) in [6.45, 7) is 2.77. The molecule has 1 aliphatic rings. The highest BCUT2D eigenvalue weighted by molar-refractivity contribution is 5.42. The lowest BCUT2D eigenvalue weighted by Gasteiger charge is -2.28. The normalized spacial score (nSPS) is 14.7. The number of anilines is 1. The molecule has 3 heterocycles. The van der Waals surface area contributed by atoms with Gasteiger partial charge in [-0.1, -0.05) is 5.21 Å². The summed E-state index contributed by atoms with van der Waals surface area (Å²) in [5, 5.41) is 7.61. The zero-order valence-electron chi connectivity index (χ0n) is 15.5. The number of alkyl halides is 3. The van der Waals surface area contributed by atoms with Gasteiger partial charge in [-0.25, -0.2) is 19.0 Å². The van der Waals surface area contributed by atoms with Crippen molar-refractivity contribution in [2.24, 2.45) is 0 Å². The molecule has 0 N–H and O–H groups in total. The molecule has 0 amide bonds. The molecule has 1 aromatic carbocycles. The summed E-state index contributed by atoms with van der Waals surface area (Å²) in [6, 6.07) is 2.71. The van der Waals surface area contributed by atoms with Crippen LogP contribution in [0, 0.1) is 5.82 Å². The van der Waals surface area contributed by atoms with Crippen LogP contribution < -0.4 is 9.64 Å². The molecule has 1 aliphatic heterocycles. The Balaban J connectivity index is 1.40. The van der Waals surface area contributed by atoms with Crippen molar-refractivity contribution in [2.45, 2.75) is 12.8 Å². The molecular formula is C18H16F4N6O2. The highest BCUT2D eigenvalue weighted by Crippen LogP contribution is 2.32. The monoisotopic (exact) mass is 424 g/mol. The van der Waals surface area contributed by atoms with Gasteiger partial charge >= 0.3 is 12.2 Å². The van der Waals surface area contributed by atoms with E-state index in [0.717, 1.165) is 29.5 Å². The number of aromatic nitrogens is 5. The van der Waals surface area contributed by atoms with Crippen LogP contribution in [0.15, 0.2) is 36.8 Å². The molecule has 4 rings (SSSR count). The average Bonchev–Trinajstić information content (AvgIpc) is 3.22. The van der Waals surface area contributed by atoms with E-state index in [1.165, 1.54) is 12.3 Å². The van der Waals surface area contributed by atoms with Crippen molar-refractivity contribution >= 4 is 5.69 Å². The van der Waals surface area contributed by atoms with E-state index in [2.05, 4.69) is 25.2 Å². The van der Waals surface area contributed by atoms with Gasteiger partial charge in [0, 0.05) is 13.1 Å². The lowest BCUT2D eigenvalue weighted by atomic mass is 10.2. The smallest absolute Gasteiger partial charge is 0.419 e. The SMILES string of the molecule is Fc1ccc(-n2cc(COc3ncc(N4CCOCC4)cn3)nn2)cc1C(F)(F)F. The third-order valence-corrected chi connectivity index (χ3v) is 4.40. The first-order valence-electron chi connectivity index (χ1n) is 8.96. The van der Waals surface area contributed by atoms with Gasteiger partial charge in [-0.15, -0.1) is 5.10 Å². The lowest BCUT2D eigenvalue weighted by Crippen LogP contribution is -2.36. The number of hydrogen-bond acceptors (Lipinski definition) is 7. The van der Waals surface area contributed by atoms with Gasteiger partial charge in [0.1, 0.15) is 18.1 Å². The van der Waals surface area contributed by atoms with Crippen molar-refractivity contribution in [1.29, 1.82) is 0 Å². The molecule has 0 saturated carbocycles. The Bertz CT molecular complexity index is 1000. The number of morpholine rings is 1. The van der Waals surface area contributed by atoms with Gasteiger partial charge in [0.25, 0.3) is 0 Å². The molecule has 3 aromatic rings. The van der Waals surface area contributed by atoms with Gasteiger partial charge < -0.3 is 14.4 Å². The molecule has 2 aromatic heterocycles. The maximum Gasteiger partial charge on any atom is 0.419 e. The topological polar surface area (TPSA) is 78.2 Å². The molecule has 0 bridgehead atoms. The van der Waals surface area contributed by atoms with Crippen molar-refractivity contribution in [3.05, 3.63) is 53.9 Å². The maximum absolute atomic E-state index is 13.4. The van der Waals surface area contributed by atoms with E-state index in [1.807, 2.05) is 0 Å². The van der Waals surface area contributed by atoms with Crippen molar-refractivity contribution in [3.63, 3.8) is 0 Å². The number of benzene rings is 1. The molecule has 1 fully saturated rings. The van der Waals surface area contributed by atoms with Crippen LogP contribution in [0.4, 0.5) is 23.2 Å². The first kappa shape index (κ1) is 20.0. The number of ether oxygens (including phenoxy) is 2. The van der Waals surface area contributed by atoms with Gasteiger partial charge in [-0.2, -0.15) is 13.2 Å². The van der Waals surface area contributed by atoms with E-state index < -0.39 is 17.6 Å².